The Hall–Kier alpha value is -8.06. The number of hydrogen-bond donors (Lipinski definition) is 7. The van der Waals surface area contributed by atoms with E-state index in [0.29, 0.717) is 81.3 Å². The van der Waals surface area contributed by atoms with Crippen molar-refractivity contribution in [2.75, 3.05) is 53.3 Å². The first kappa shape index (κ1) is 78.6. The minimum atomic E-state index is -1.07. The van der Waals surface area contributed by atoms with E-state index < -0.39 is 108 Å². The molecule has 0 saturated carbocycles. The van der Waals surface area contributed by atoms with Gasteiger partial charge < -0.3 is 61.4 Å². The van der Waals surface area contributed by atoms with Gasteiger partial charge in [-0.3, -0.25) is 53.0 Å². The average molecular weight is 1340 g/mol. The highest BCUT2D eigenvalue weighted by molar-refractivity contribution is 6.12. The summed E-state index contributed by atoms with van der Waals surface area (Å²) < 4.78 is 17.8. The van der Waals surface area contributed by atoms with E-state index in [4.69, 9.17) is 19.9 Å². The number of likely N-dealkylation sites (tertiary alicyclic amines) is 1. The lowest BCUT2D eigenvalue weighted by Crippen LogP contribution is -2.60. The quantitative estimate of drug-likeness (QED) is 0.0242. The molecule has 3 aromatic rings. The number of amides is 10. The van der Waals surface area contributed by atoms with Gasteiger partial charge in [0, 0.05) is 72.1 Å². The van der Waals surface area contributed by atoms with Crippen molar-refractivity contribution in [3.8, 4) is 0 Å². The summed E-state index contributed by atoms with van der Waals surface area (Å²) in [5.74, 6) is -5.39. The number of aliphatic hydroxyl groups excluding tert-OH is 1. The van der Waals surface area contributed by atoms with Crippen LogP contribution in [0.4, 0.5) is 10.5 Å². The fourth-order valence-corrected chi connectivity index (χ4v) is 12.6. The highest BCUT2D eigenvalue weighted by Gasteiger charge is 2.44. The zero-order chi connectivity index (χ0) is 70.8. The maximum atomic E-state index is 14.8. The maximum Gasteiger partial charge on any atom is 0.410 e. The second-order valence-corrected chi connectivity index (χ2v) is 26.1. The third kappa shape index (κ3) is 22.8. The molecular formula is C72H106N10O14. The number of ether oxygens (including phenoxy) is 3. The van der Waals surface area contributed by atoms with Gasteiger partial charge in [0.15, 0.2) is 0 Å². The fourth-order valence-electron chi connectivity index (χ4n) is 12.6. The molecule has 0 radical (unpaired) electrons. The number of methoxy groups -OCH3 is 2. The summed E-state index contributed by atoms with van der Waals surface area (Å²) in [5.41, 5.74) is 8.21. The lowest BCUT2D eigenvalue weighted by atomic mass is 9.89. The number of carbonyl (C=O) groups is 10. The lowest BCUT2D eigenvalue weighted by molar-refractivity contribution is -0.148. The molecule has 1 saturated heterocycles. The van der Waals surface area contributed by atoms with Crippen LogP contribution in [-0.4, -0.2) is 186 Å². The van der Waals surface area contributed by atoms with Gasteiger partial charge in [0.2, 0.25) is 41.4 Å². The van der Waals surface area contributed by atoms with Crippen LogP contribution in [-0.2, 0) is 70.4 Å². The van der Waals surface area contributed by atoms with Crippen molar-refractivity contribution in [2.45, 2.75) is 200 Å². The number of carbonyl (C=O) groups excluding carboxylic acids is 10. The Balaban J connectivity index is 1.18. The standard InChI is InChI=1S/C72H106N10O14/c1-13-47(6)64(57(94-11)43-61(86)81-41-25-31-56(81)66(95-12)48(7)67(88)74-49(8)65(87)52-28-19-15-20-29-52)79(9)71(92)62(45(2)3)78-70(91)63(46(4)5)80(10)72(93)96-44-51-33-35-53(36-34-51)75-68(89)54(30-22-23-39-73)77-69(90)55(42-50-26-17-14-18-27-50)76-58(83)32-21-16-24-40-82-59(84)37-38-60(82)85/h14-15,17-20,26-29,33-38,45-49,54-57,62-66,87H,13,16,21-25,30-32,39-44,73H2,1-12H3,(H,74,88)(H,75,89)(H,76,83)(H,77,90)(H,78,91)/t47-,48+,49+,54-,55-,56-,57+,62-,63-,64-,65+,66+/m0/s1. The second-order valence-electron chi connectivity index (χ2n) is 26.1. The molecule has 1 fully saturated rings. The number of nitrogens with one attached hydrogen (secondary N) is 5. The Morgan fingerprint density at radius 1 is 0.688 bits per heavy atom. The highest BCUT2D eigenvalue weighted by atomic mass is 16.6. The molecule has 96 heavy (non-hydrogen) atoms. The molecule has 2 heterocycles. The minimum Gasteiger partial charge on any atom is -0.445 e. The fraction of sp³-hybridized carbons (Fsp3) is 0.583. The van der Waals surface area contributed by atoms with Crippen LogP contribution in [0.15, 0.2) is 97.1 Å². The van der Waals surface area contributed by atoms with Crippen LogP contribution in [0.1, 0.15) is 149 Å². The molecule has 3 aromatic carbocycles. The van der Waals surface area contributed by atoms with Gasteiger partial charge in [-0.25, -0.2) is 4.79 Å². The number of anilines is 1. The van der Waals surface area contributed by atoms with Gasteiger partial charge in [-0.15, -0.1) is 0 Å². The Kier molecular flexibility index (Phi) is 32.1. The molecule has 0 aliphatic carbocycles. The monoisotopic (exact) mass is 1330 g/mol. The third-order valence-corrected chi connectivity index (χ3v) is 18.4. The summed E-state index contributed by atoms with van der Waals surface area (Å²) in [7, 11) is 6.12. The average Bonchev–Trinajstić information content (AvgIpc) is 1.29. The predicted molar refractivity (Wildman–Crippen MR) is 365 cm³/mol. The number of unbranched alkanes of at least 4 members (excludes halogenated alkanes) is 3. The summed E-state index contributed by atoms with van der Waals surface area (Å²) in [4.78, 5) is 142. The zero-order valence-electron chi connectivity index (χ0n) is 58.3. The van der Waals surface area contributed by atoms with Crippen LogP contribution < -0.4 is 32.3 Å². The summed E-state index contributed by atoms with van der Waals surface area (Å²) in [6.07, 6.45) is 4.28. The van der Waals surface area contributed by atoms with E-state index in [9.17, 15) is 53.1 Å². The first-order chi connectivity index (χ1) is 45.8. The van der Waals surface area contributed by atoms with Gasteiger partial charge in [0.25, 0.3) is 11.8 Å². The Morgan fingerprint density at radius 2 is 1.33 bits per heavy atom. The molecule has 528 valence electrons. The van der Waals surface area contributed by atoms with Gasteiger partial charge in [0.05, 0.1) is 48.8 Å². The molecule has 24 heteroatoms. The number of benzene rings is 3. The van der Waals surface area contributed by atoms with Crippen LogP contribution in [0.2, 0.25) is 0 Å². The lowest BCUT2D eigenvalue weighted by Gasteiger charge is -2.41. The summed E-state index contributed by atoms with van der Waals surface area (Å²) in [5, 5.41) is 25.5. The van der Waals surface area contributed by atoms with Crippen LogP contribution in [0, 0.1) is 23.7 Å². The molecule has 0 aromatic heterocycles. The molecule has 0 unspecified atom stereocenters. The van der Waals surface area contributed by atoms with Crippen molar-refractivity contribution in [1.82, 2.24) is 40.9 Å². The van der Waals surface area contributed by atoms with Gasteiger partial charge in [-0.05, 0) is 105 Å². The van der Waals surface area contributed by atoms with E-state index in [1.54, 1.807) is 80.9 Å². The number of aliphatic hydroxyl groups is 1. The van der Waals surface area contributed by atoms with Crippen molar-refractivity contribution >= 4 is 64.9 Å². The molecule has 10 amide bonds. The number of likely N-dealkylation sites (N-methyl/N-ethyl adjacent to an activating group) is 2. The summed E-state index contributed by atoms with van der Waals surface area (Å²) in [6.45, 7) is 15.5. The third-order valence-electron chi connectivity index (χ3n) is 18.4. The normalized spacial score (nSPS) is 17.3. The van der Waals surface area contributed by atoms with Gasteiger partial charge >= 0.3 is 6.09 Å². The van der Waals surface area contributed by atoms with E-state index in [-0.39, 0.29) is 74.3 Å². The van der Waals surface area contributed by atoms with Crippen LogP contribution in [0.25, 0.3) is 0 Å². The molecule has 0 spiro atoms. The molecule has 0 bridgehead atoms. The Labute approximate surface area is 566 Å². The predicted octanol–water partition coefficient (Wildman–Crippen LogP) is 6.34. The topological polar surface area (TPSA) is 318 Å². The van der Waals surface area contributed by atoms with Gasteiger partial charge in [-0.1, -0.05) is 134 Å². The van der Waals surface area contributed by atoms with E-state index in [0.717, 1.165) is 10.5 Å². The number of nitrogens with zero attached hydrogens (tertiary/aromatic N) is 4. The smallest absolute Gasteiger partial charge is 0.410 e. The van der Waals surface area contributed by atoms with E-state index in [1.165, 1.54) is 38.3 Å². The van der Waals surface area contributed by atoms with Crippen molar-refractivity contribution in [2.24, 2.45) is 29.4 Å². The molecule has 12 atom stereocenters. The van der Waals surface area contributed by atoms with Gasteiger partial charge in [-0.2, -0.15) is 0 Å². The molecule has 8 N–H and O–H groups in total. The maximum absolute atomic E-state index is 14.8. The molecule has 2 aliphatic rings. The van der Waals surface area contributed by atoms with Crippen molar-refractivity contribution in [1.29, 1.82) is 0 Å². The van der Waals surface area contributed by atoms with Crippen LogP contribution >= 0.6 is 0 Å². The Morgan fingerprint density at radius 3 is 1.93 bits per heavy atom. The molecule has 24 nitrogen and oxygen atoms in total. The largest absolute Gasteiger partial charge is 0.445 e. The summed E-state index contributed by atoms with van der Waals surface area (Å²) >= 11 is 0. The first-order valence-corrected chi connectivity index (χ1v) is 33.9. The van der Waals surface area contributed by atoms with E-state index in [1.807, 2.05) is 76.2 Å². The first-order valence-electron chi connectivity index (χ1n) is 33.9. The van der Waals surface area contributed by atoms with Gasteiger partial charge in [0.1, 0.15) is 30.8 Å². The van der Waals surface area contributed by atoms with E-state index >= 15 is 0 Å². The van der Waals surface area contributed by atoms with Crippen LogP contribution in [0.3, 0.4) is 0 Å². The number of rotatable bonds is 39. The van der Waals surface area contributed by atoms with Crippen molar-refractivity contribution in [3.05, 3.63) is 114 Å². The zero-order valence-corrected chi connectivity index (χ0v) is 58.3. The van der Waals surface area contributed by atoms with Crippen molar-refractivity contribution < 1.29 is 67.3 Å². The Bertz CT molecular complexity index is 3040. The highest BCUT2D eigenvalue weighted by Crippen LogP contribution is 2.31. The van der Waals surface area contributed by atoms with Crippen LogP contribution in [0.5, 0.6) is 0 Å². The SMILES string of the molecule is CC[C@H](C)[C@@H]([C@@H](CC(=O)N1CCC[C@H]1[C@H](OC)[C@@H](C)C(=O)N[C@H](C)[C@@H](O)c1ccccc1)OC)N(C)C(=O)[C@@H](NC(=O)[C@H](C(C)C)N(C)C(=O)OCc1ccc(NC(=O)[C@H](CCCCN)NC(=O)[C@H](Cc2ccccc2)NC(=O)CCCCCN2C(=O)C=CC2=O)cc1)C(C)C. The van der Waals surface area contributed by atoms with E-state index in [2.05, 4.69) is 26.6 Å². The van der Waals surface area contributed by atoms with Crippen molar-refractivity contribution in [3.63, 3.8) is 0 Å². The summed E-state index contributed by atoms with van der Waals surface area (Å²) in [6, 6.07) is 19.0. The molecule has 2 aliphatic heterocycles. The minimum absolute atomic E-state index is 0.0850. The number of hydrogen-bond acceptors (Lipinski definition) is 15. The number of nitrogens with two attached hydrogens (primary N) is 1. The molecule has 5 rings (SSSR count). The molecular weight excluding hydrogens is 1230 g/mol. The second kappa shape index (κ2) is 39.2. The number of imide groups is 1.